The van der Waals surface area contributed by atoms with Gasteiger partial charge in [0, 0.05) is 38.2 Å². The molecule has 0 unspecified atom stereocenters. The number of nitrogens with zero attached hydrogens (tertiary/aromatic N) is 5. The Balaban J connectivity index is 1.37. The first-order chi connectivity index (χ1) is 17.0. The maximum absolute atomic E-state index is 12.8. The number of nitrogens with one attached hydrogen (secondary N) is 1. The molecular weight excluding hydrogens is 464 g/mol. The summed E-state index contributed by atoms with van der Waals surface area (Å²) < 4.78 is 3.28. The van der Waals surface area contributed by atoms with Gasteiger partial charge in [0.2, 0.25) is 5.95 Å². The van der Waals surface area contributed by atoms with Gasteiger partial charge in [0.15, 0.2) is 11.2 Å². The lowest BCUT2D eigenvalue weighted by molar-refractivity contribution is 0.253. The summed E-state index contributed by atoms with van der Waals surface area (Å²) in [6, 6.07) is 18.2. The molecule has 2 aromatic heterocycles. The quantitative estimate of drug-likeness (QED) is 0.429. The minimum absolute atomic E-state index is 0.381. The Morgan fingerprint density at radius 3 is 2.43 bits per heavy atom. The molecule has 0 radical (unpaired) electrons. The molecule has 1 saturated heterocycles. The van der Waals surface area contributed by atoms with Crippen LogP contribution < -0.4 is 16.1 Å². The normalized spacial score (nSPS) is 14.6. The molecule has 0 saturated carbocycles. The molecule has 182 valence electrons. The van der Waals surface area contributed by atoms with Crippen molar-refractivity contribution >= 4 is 28.7 Å². The highest BCUT2D eigenvalue weighted by Crippen LogP contribution is 2.25. The Morgan fingerprint density at radius 1 is 0.971 bits per heavy atom. The predicted octanol–water partition coefficient (Wildman–Crippen LogP) is 2.88. The van der Waals surface area contributed by atoms with E-state index in [1.165, 1.54) is 10.1 Å². The van der Waals surface area contributed by atoms with Crippen LogP contribution in [0.4, 0.5) is 5.95 Å². The summed E-state index contributed by atoms with van der Waals surface area (Å²) in [5.41, 5.74) is 2.12. The zero-order valence-electron chi connectivity index (χ0n) is 19.8. The third kappa shape index (κ3) is 4.90. The Bertz CT molecular complexity index is 1430. The van der Waals surface area contributed by atoms with Crippen LogP contribution in [0.2, 0.25) is 5.02 Å². The monoisotopic (exact) mass is 492 g/mol. The van der Waals surface area contributed by atoms with Crippen LogP contribution in [0, 0.1) is 0 Å². The number of aryl methyl sites for hydroxylation is 2. The molecule has 1 aliphatic rings. The molecule has 1 fully saturated rings. The largest absolute Gasteiger partial charge is 0.340 e. The second-order valence-electron chi connectivity index (χ2n) is 9.00. The fraction of sp³-hybridized carbons (Fsp3) is 0.346. The van der Waals surface area contributed by atoms with E-state index >= 15 is 0 Å². The molecule has 0 aliphatic carbocycles. The minimum atomic E-state index is -0.473. The lowest BCUT2D eigenvalue weighted by atomic mass is 10.1. The van der Waals surface area contributed by atoms with Gasteiger partial charge in [-0.2, -0.15) is 4.98 Å². The molecule has 0 bridgehead atoms. The van der Waals surface area contributed by atoms with Crippen LogP contribution in [0.25, 0.3) is 11.2 Å². The summed E-state index contributed by atoms with van der Waals surface area (Å²) in [7, 11) is 1.63. The minimum Gasteiger partial charge on any atom is -0.340 e. The fourth-order valence-electron chi connectivity index (χ4n) is 4.73. The summed E-state index contributed by atoms with van der Waals surface area (Å²) in [5.74, 6) is 0.690. The van der Waals surface area contributed by atoms with Gasteiger partial charge in [-0.25, -0.2) is 4.79 Å². The second-order valence-corrected chi connectivity index (χ2v) is 9.40. The average Bonchev–Trinajstić information content (AvgIpc) is 3.25. The van der Waals surface area contributed by atoms with E-state index < -0.39 is 11.2 Å². The van der Waals surface area contributed by atoms with Crippen LogP contribution in [0.1, 0.15) is 17.5 Å². The molecule has 9 heteroatoms. The maximum atomic E-state index is 12.8. The van der Waals surface area contributed by atoms with Crippen LogP contribution in [-0.4, -0.2) is 56.7 Å². The molecule has 35 heavy (non-hydrogen) atoms. The molecule has 5 rings (SSSR count). The summed E-state index contributed by atoms with van der Waals surface area (Å²) in [6.07, 6.45) is 2.19. The number of piperazine rings is 1. The first-order valence-electron chi connectivity index (χ1n) is 12.0. The van der Waals surface area contributed by atoms with E-state index in [0.717, 1.165) is 51.1 Å². The van der Waals surface area contributed by atoms with Gasteiger partial charge in [-0.1, -0.05) is 60.1 Å². The molecule has 0 amide bonds. The van der Waals surface area contributed by atoms with Gasteiger partial charge < -0.3 is 4.90 Å². The number of rotatable bonds is 7. The van der Waals surface area contributed by atoms with Crippen molar-refractivity contribution in [3.8, 4) is 0 Å². The number of H-pyrrole nitrogens is 1. The lowest BCUT2D eigenvalue weighted by Gasteiger charge is -2.35. The van der Waals surface area contributed by atoms with E-state index in [0.29, 0.717) is 28.7 Å². The summed E-state index contributed by atoms with van der Waals surface area (Å²) in [5, 5.41) is 0.629. The Hall–Kier alpha value is -3.36. The van der Waals surface area contributed by atoms with Gasteiger partial charge in [0.05, 0.1) is 6.54 Å². The standard InChI is InChI=1S/C26H29ClN6O2/c1-30-23-22(24(34)29-26(30)35)33(18-20-11-5-6-12-21(20)27)25(28-23)32-16-14-31(15-17-32)13-7-10-19-8-3-2-4-9-19/h2-6,8-9,11-12H,7,10,13-18H2,1H3,(H,29,34,35). The van der Waals surface area contributed by atoms with E-state index in [4.69, 9.17) is 16.6 Å². The zero-order chi connectivity index (χ0) is 24.4. The van der Waals surface area contributed by atoms with Crippen molar-refractivity contribution in [2.75, 3.05) is 37.6 Å². The third-order valence-electron chi connectivity index (χ3n) is 6.71. The van der Waals surface area contributed by atoms with E-state index in [1.807, 2.05) is 34.9 Å². The van der Waals surface area contributed by atoms with Crippen molar-refractivity contribution in [3.63, 3.8) is 0 Å². The summed E-state index contributed by atoms with van der Waals surface area (Å²) >= 11 is 6.44. The molecular formula is C26H29ClN6O2. The van der Waals surface area contributed by atoms with Crippen LogP contribution >= 0.6 is 11.6 Å². The number of hydrogen-bond acceptors (Lipinski definition) is 5. The number of hydrogen-bond donors (Lipinski definition) is 1. The number of anilines is 1. The number of aromatic amines is 1. The highest BCUT2D eigenvalue weighted by molar-refractivity contribution is 6.31. The van der Waals surface area contributed by atoms with E-state index in [1.54, 1.807) is 7.05 Å². The van der Waals surface area contributed by atoms with Crippen molar-refractivity contribution in [3.05, 3.63) is 91.6 Å². The van der Waals surface area contributed by atoms with E-state index in [-0.39, 0.29) is 0 Å². The summed E-state index contributed by atoms with van der Waals surface area (Å²) in [4.78, 5) is 36.9. The number of imidazole rings is 1. The molecule has 0 spiro atoms. The number of benzene rings is 2. The second kappa shape index (κ2) is 10.1. The van der Waals surface area contributed by atoms with Gasteiger partial charge >= 0.3 is 5.69 Å². The van der Waals surface area contributed by atoms with Crippen molar-refractivity contribution in [2.45, 2.75) is 19.4 Å². The molecule has 0 atom stereocenters. The molecule has 3 heterocycles. The van der Waals surface area contributed by atoms with Crippen molar-refractivity contribution in [2.24, 2.45) is 7.05 Å². The first-order valence-corrected chi connectivity index (χ1v) is 12.3. The van der Waals surface area contributed by atoms with Gasteiger partial charge in [-0.05, 0) is 36.6 Å². The average molecular weight is 493 g/mol. The van der Waals surface area contributed by atoms with Gasteiger partial charge in [0.25, 0.3) is 5.56 Å². The Morgan fingerprint density at radius 2 is 1.69 bits per heavy atom. The van der Waals surface area contributed by atoms with Crippen LogP contribution in [-0.2, 0) is 20.0 Å². The molecule has 1 aliphatic heterocycles. The zero-order valence-corrected chi connectivity index (χ0v) is 20.5. The van der Waals surface area contributed by atoms with Crippen LogP contribution in [0.5, 0.6) is 0 Å². The third-order valence-corrected chi connectivity index (χ3v) is 7.08. The first kappa shape index (κ1) is 23.4. The predicted molar refractivity (Wildman–Crippen MR) is 140 cm³/mol. The van der Waals surface area contributed by atoms with Gasteiger partial charge in [0.1, 0.15) is 0 Å². The topological polar surface area (TPSA) is 79.2 Å². The number of aromatic nitrogens is 4. The summed E-state index contributed by atoms with van der Waals surface area (Å²) in [6.45, 7) is 4.86. The van der Waals surface area contributed by atoms with E-state index in [2.05, 4.69) is 39.0 Å². The maximum Gasteiger partial charge on any atom is 0.329 e. The highest BCUT2D eigenvalue weighted by atomic mass is 35.5. The van der Waals surface area contributed by atoms with Crippen LogP contribution in [0.3, 0.4) is 0 Å². The lowest BCUT2D eigenvalue weighted by Crippen LogP contribution is -2.47. The van der Waals surface area contributed by atoms with Crippen LogP contribution in [0.15, 0.2) is 64.2 Å². The smallest absolute Gasteiger partial charge is 0.329 e. The highest BCUT2D eigenvalue weighted by Gasteiger charge is 2.25. The molecule has 2 aromatic carbocycles. The van der Waals surface area contributed by atoms with Crippen molar-refractivity contribution < 1.29 is 0 Å². The molecule has 4 aromatic rings. The van der Waals surface area contributed by atoms with Gasteiger partial charge in [-0.3, -0.25) is 23.8 Å². The van der Waals surface area contributed by atoms with Gasteiger partial charge in [-0.15, -0.1) is 0 Å². The van der Waals surface area contributed by atoms with Crippen molar-refractivity contribution in [1.82, 2.24) is 24.0 Å². The number of halogens is 1. The Labute approximate surface area is 208 Å². The van der Waals surface area contributed by atoms with Crippen molar-refractivity contribution in [1.29, 1.82) is 0 Å². The number of fused-ring (bicyclic) bond motifs is 1. The Kier molecular flexibility index (Phi) is 6.74. The van der Waals surface area contributed by atoms with E-state index in [9.17, 15) is 9.59 Å². The molecule has 8 nitrogen and oxygen atoms in total. The fourth-order valence-corrected chi connectivity index (χ4v) is 4.93. The SMILES string of the molecule is Cn1c(=O)[nH]c(=O)c2c1nc(N1CCN(CCCc3ccccc3)CC1)n2Cc1ccccc1Cl. The molecule has 1 N–H and O–H groups in total.